The van der Waals surface area contributed by atoms with Crippen LogP contribution in [0.3, 0.4) is 0 Å². The van der Waals surface area contributed by atoms with Crippen molar-refractivity contribution in [3.05, 3.63) is 10.6 Å². The molecule has 0 bridgehead atoms. The average molecular weight is 149 g/mol. The second-order valence-electron chi connectivity index (χ2n) is 1.31. The lowest BCUT2D eigenvalue weighted by Gasteiger charge is -1.83. The Hall–Kier alpha value is 0.220. The average Bonchev–Trinajstić information content (AvgIpc) is 1.65. The van der Waals surface area contributed by atoms with E-state index in [4.69, 9.17) is 0 Å². The highest BCUT2D eigenvalue weighted by Crippen LogP contribution is 1.99. The fourth-order valence-corrected chi connectivity index (χ4v) is 0.401. The summed E-state index contributed by atoms with van der Waals surface area (Å²) in [5.41, 5.74) is 1.38. The molecule has 36 valence electrons. The van der Waals surface area contributed by atoms with Crippen molar-refractivity contribution in [3.8, 4) is 0 Å². The maximum Gasteiger partial charge on any atom is -0.0200 e. The van der Waals surface area contributed by atoms with Crippen LogP contribution < -0.4 is 0 Å². The van der Waals surface area contributed by atoms with Crippen molar-refractivity contribution < 1.29 is 0 Å². The molecule has 0 spiro atoms. The molecule has 0 aliphatic rings. The minimum atomic E-state index is 1.14. The van der Waals surface area contributed by atoms with Crippen LogP contribution in [0.4, 0.5) is 0 Å². The van der Waals surface area contributed by atoms with E-state index in [9.17, 15) is 0 Å². The first-order valence-corrected chi connectivity index (χ1v) is 2.98. The second-order valence-corrected chi connectivity index (χ2v) is 1.77. The van der Waals surface area contributed by atoms with Gasteiger partial charge in [0.1, 0.15) is 0 Å². The molecule has 0 nitrogen and oxygen atoms in total. The predicted octanol–water partition coefficient (Wildman–Crippen LogP) is 2.70. The number of rotatable bonds is 1. The molecule has 0 aliphatic heterocycles. The van der Waals surface area contributed by atoms with Gasteiger partial charge in [0.15, 0.2) is 0 Å². The van der Waals surface area contributed by atoms with Crippen molar-refractivity contribution in [2.45, 2.75) is 20.3 Å². The molecule has 0 fully saturated rings. The standard InChI is InChI=1S/C5H9Br/c1-3-5(2)4-6/h4H,3H2,1-2H3/b5-4-. The zero-order valence-electron chi connectivity index (χ0n) is 4.16. The fraction of sp³-hybridized carbons (Fsp3) is 0.600. The molecule has 0 aromatic rings. The summed E-state index contributed by atoms with van der Waals surface area (Å²) in [6.45, 7) is 4.22. The van der Waals surface area contributed by atoms with Crippen LogP contribution in [0.5, 0.6) is 0 Å². The van der Waals surface area contributed by atoms with Gasteiger partial charge in [-0.15, -0.1) is 0 Å². The summed E-state index contributed by atoms with van der Waals surface area (Å²) in [6, 6.07) is 0. The first kappa shape index (κ1) is 6.22. The molecule has 0 aromatic carbocycles. The SMILES string of the molecule is CC/C(C)=C\Br. The van der Waals surface area contributed by atoms with Crippen LogP contribution >= 0.6 is 15.9 Å². The summed E-state index contributed by atoms with van der Waals surface area (Å²) in [4.78, 5) is 1.95. The lowest BCUT2D eigenvalue weighted by Crippen LogP contribution is -1.62. The molecule has 0 saturated carbocycles. The van der Waals surface area contributed by atoms with E-state index >= 15 is 0 Å². The van der Waals surface area contributed by atoms with Gasteiger partial charge in [-0.1, -0.05) is 28.4 Å². The second kappa shape index (κ2) is 3.41. The van der Waals surface area contributed by atoms with E-state index in [0.29, 0.717) is 0 Å². The van der Waals surface area contributed by atoms with E-state index < -0.39 is 0 Å². The number of allylic oxidation sites excluding steroid dienone is 1. The minimum absolute atomic E-state index is 1.14. The molecule has 0 rings (SSSR count). The van der Waals surface area contributed by atoms with Crippen molar-refractivity contribution in [2.75, 3.05) is 0 Å². The maximum atomic E-state index is 3.21. The third kappa shape index (κ3) is 2.46. The van der Waals surface area contributed by atoms with E-state index in [2.05, 4.69) is 29.8 Å². The van der Waals surface area contributed by atoms with Crippen molar-refractivity contribution in [1.29, 1.82) is 0 Å². The molecule has 0 unspecified atom stereocenters. The van der Waals surface area contributed by atoms with Gasteiger partial charge in [0, 0.05) is 0 Å². The van der Waals surface area contributed by atoms with Gasteiger partial charge in [0.2, 0.25) is 0 Å². The van der Waals surface area contributed by atoms with Crippen LogP contribution in [0.25, 0.3) is 0 Å². The molecule has 0 radical (unpaired) electrons. The third-order valence-corrected chi connectivity index (χ3v) is 1.53. The maximum absolute atomic E-state index is 3.21. The van der Waals surface area contributed by atoms with Gasteiger partial charge < -0.3 is 0 Å². The Morgan fingerprint density at radius 1 is 1.83 bits per heavy atom. The van der Waals surface area contributed by atoms with Crippen LogP contribution in [0.2, 0.25) is 0 Å². The highest BCUT2D eigenvalue weighted by molar-refractivity contribution is 9.11. The molecule has 1 heteroatoms. The summed E-state index contributed by atoms with van der Waals surface area (Å²) in [7, 11) is 0. The highest BCUT2D eigenvalue weighted by Gasteiger charge is 1.74. The van der Waals surface area contributed by atoms with Gasteiger partial charge in [0.05, 0.1) is 0 Å². The Morgan fingerprint density at radius 3 is 2.33 bits per heavy atom. The minimum Gasteiger partial charge on any atom is -0.0667 e. The van der Waals surface area contributed by atoms with Gasteiger partial charge in [0.25, 0.3) is 0 Å². The molecule has 0 saturated heterocycles. The first-order chi connectivity index (χ1) is 2.81. The normalized spacial score (nSPS) is 12.2. The van der Waals surface area contributed by atoms with E-state index in [1.165, 1.54) is 5.57 Å². The van der Waals surface area contributed by atoms with Crippen molar-refractivity contribution in [2.24, 2.45) is 0 Å². The Balaban J connectivity index is 3.22. The third-order valence-electron chi connectivity index (χ3n) is 0.744. The van der Waals surface area contributed by atoms with Crippen molar-refractivity contribution in [3.63, 3.8) is 0 Å². The zero-order chi connectivity index (χ0) is 4.99. The van der Waals surface area contributed by atoms with Crippen LogP contribution in [-0.2, 0) is 0 Å². The van der Waals surface area contributed by atoms with Crippen LogP contribution in [0, 0.1) is 0 Å². The molecule has 6 heavy (non-hydrogen) atoms. The number of hydrogen-bond acceptors (Lipinski definition) is 0. The van der Waals surface area contributed by atoms with E-state index in [0.717, 1.165) is 6.42 Å². The van der Waals surface area contributed by atoms with E-state index in [1.807, 2.05) is 4.99 Å². The number of halogens is 1. The van der Waals surface area contributed by atoms with Crippen LogP contribution in [0.1, 0.15) is 20.3 Å². The molecule has 0 amide bonds. The topological polar surface area (TPSA) is 0 Å². The van der Waals surface area contributed by atoms with E-state index in [-0.39, 0.29) is 0 Å². The van der Waals surface area contributed by atoms with Gasteiger partial charge in [-0.05, 0) is 18.3 Å². The summed E-state index contributed by atoms with van der Waals surface area (Å²) >= 11 is 3.21. The highest BCUT2D eigenvalue weighted by atomic mass is 79.9. The summed E-state index contributed by atoms with van der Waals surface area (Å²) in [6.07, 6.45) is 1.14. The van der Waals surface area contributed by atoms with Crippen molar-refractivity contribution in [1.82, 2.24) is 0 Å². The Morgan fingerprint density at radius 2 is 2.33 bits per heavy atom. The van der Waals surface area contributed by atoms with Crippen LogP contribution in [0.15, 0.2) is 10.6 Å². The monoisotopic (exact) mass is 148 g/mol. The van der Waals surface area contributed by atoms with Gasteiger partial charge in [-0.2, -0.15) is 0 Å². The molecular formula is C5H9Br. The van der Waals surface area contributed by atoms with Gasteiger partial charge in [-0.25, -0.2) is 0 Å². The van der Waals surface area contributed by atoms with Crippen LogP contribution in [-0.4, -0.2) is 0 Å². The van der Waals surface area contributed by atoms with Crippen molar-refractivity contribution >= 4 is 15.9 Å². The Labute approximate surface area is 47.4 Å². The molecule has 0 N–H and O–H groups in total. The Kier molecular flexibility index (Phi) is 3.54. The summed E-state index contributed by atoms with van der Waals surface area (Å²) in [5.74, 6) is 0. The molecule has 0 aliphatic carbocycles. The molecule has 0 aromatic heterocycles. The fourth-order valence-electron chi connectivity index (χ4n) is 0.0772. The molecule has 0 heterocycles. The first-order valence-electron chi connectivity index (χ1n) is 2.07. The lowest BCUT2D eigenvalue weighted by molar-refractivity contribution is 1.11. The van der Waals surface area contributed by atoms with E-state index in [1.54, 1.807) is 0 Å². The largest absolute Gasteiger partial charge is 0.0667 e. The molecule has 0 atom stereocenters. The lowest BCUT2D eigenvalue weighted by atomic mass is 10.3. The predicted molar refractivity (Wildman–Crippen MR) is 33.0 cm³/mol. The summed E-state index contributed by atoms with van der Waals surface area (Å²) in [5, 5.41) is 0. The summed E-state index contributed by atoms with van der Waals surface area (Å²) < 4.78 is 0. The molecular weight excluding hydrogens is 140 g/mol. The Bertz CT molecular complexity index is 55.0. The van der Waals surface area contributed by atoms with Gasteiger partial charge in [-0.3, -0.25) is 0 Å². The number of hydrogen-bond donors (Lipinski definition) is 0. The zero-order valence-corrected chi connectivity index (χ0v) is 5.75. The van der Waals surface area contributed by atoms with Gasteiger partial charge >= 0.3 is 0 Å². The smallest absolute Gasteiger partial charge is 0.0200 e. The quantitative estimate of drug-likeness (QED) is 0.537.